The lowest BCUT2D eigenvalue weighted by atomic mass is 10.2. The van der Waals surface area contributed by atoms with Gasteiger partial charge in [-0.05, 0) is 57.1 Å². The van der Waals surface area contributed by atoms with Crippen LogP contribution in [0.5, 0.6) is 0 Å². The first-order chi connectivity index (χ1) is 14.5. The third-order valence-corrected chi connectivity index (χ3v) is 9.07. The van der Waals surface area contributed by atoms with Crippen molar-refractivity contribution in [3.8, 4) is 0 Å². The number of anilines is 1. The fraction of sp³-hybridized carbons (Fsp3) is 0.308. The molecule has 0 N–H and O–H groups in total. The summed E-state index contributed by atoms with van der Waals surface area (Å²) in [5, 5.41) is 4.25. The minimum absolute atomic E-state index is 0.473. The second kappa shape index (κ2) is 9.47. The van der Waals surface area contributed by atoms with E-state index >= 15 is 0 Å². The van der Waals surface area contributed by atoms with Gasteiger partial charge in [-0.25, -0.2) is 0 Å². The van der Waals surface area contributed by atoms with Crippen molar-refractivity contribution < 1.29 is 4.43 Å². The highest BCUT2D eigenvalue weighted by Gasteiger charge is 2.30. The van der Waals surface area contributed by atoms with E-state index in [1.54, 1.807) is 0 Å². The highest BCUT2D eigenvalue weighted by Crippen LogP contribution is 2.38. The highest BCUT2D eigenvalue weighted by atomic mass is 31.1. The van der Waals surface area contributed by atoms with Gasteiger partial charge in [0.15, 0.2) is 8.32 Å². The molecular formula is C26H32NOPSi. The van der Waals surface area contributed by atoms with Crippen LogP contribution in [0, 0.1) is 0 Å². The van der Waals surface area contributed by atoms with Gasteiger partial charge in [0.05, 0.1) is 12.6 Å². The summed E-state index contributed by atoms with van der Waals surface area (Å²) in [5.41, 5.74) is 1.39. The molecule has 0 saturated carbocycles. The van der Waals surface area contributed by atoms with Crippen molar-refractivity contribution >= 4 is 37.8 Å². The van der Waals surface area contributed by atoms with Crippen molar-refractivity contribution in [1.29, 1.82) is 0 Å². The van der Waals surface area contributed by atoms with Crippen LogP contribution < -0.4 is 20.8 Å². The summed E-state index contributed by atoms with van der Waals surface area (Å²) < 4.78 is 6.34. The van der Waals surface area contributed by atoms with E-state index in [1.165, 1.54) is 34.4 Å². The minimum atomic E-state index is -1.52. The molecule has 0 radical (unpaired) electrons. The second-order valence-corrected chi connectivity index (χ2v) is 15.6. The van der Waals surface area contributed by atoms with Crippen molar-refractivity contribution in [3.05, 3.63) is 84.9 Å². The lowest BCUT2D eigenvalue weighted by Crippen LogP contribution is -2.40. The molecule has 156 valence electrons. The molecule has 0 spiro atoms. The van der Waals surface area contributed by atoms with Crippen molar-refractivity contribution in [1.82, 2.24) is 0 Å². The molecule has 4 rings (SSSR count). The van der Waals surface area contributed by atoms with Crippen LogP contribution in [-0.2, 0) is 4.43 Å². The van der Waals surface area contributed by atoms with Crippen LogP contribution in [0.25, 0.3) is 0 Å². The van der Waals surface area contributed by atoms with Crippen LogP contribution in [0.4, 0.5) is 5.69 Å². The van der Waals surface area contributed by atoms with Crippen LogP contribution in [0.2, 0.25) is 19.6 Å². The third-order valence-electron chi connectivity index (χ3n) is 5.55. The highest BCUT2D eigenvalue weighted by molar-refractivity contribution is 7.80. The normalized spacial score (nSPS) is 16.9. The second-order valence-electron chi connectivity index (χ2n) is 8.91. The molecule has 2 nitrogen and oxygen atoms in total. The first-order valence-corrected chi connectivity index (χ1v) is 15.7. The van der Waals surface area contributed by atoms with Crippen LogP contribution in [0.1, 0.15) is 12.8 Å². The molecule has 0 unspecified atom stereocenters. The van der Waals surface area contributed by atoms with Crippen molar-refractivity contribution in [2.45, 2.75) is 38.5 Å². The van der Waals surface area contributed by atoms with E-state index in [4.69, 9.17) is 4.43 Å². The fourth-order valence-corrected chi connectivity index (χ4v) is 7.30. The summed E-state index contributed by atoms with van der Waals surface area (Å²) in [5.74, 6) is 0. The van der Waals surface area contributed by atoms with Gasteiger partial charge >= 0.3 is 0 Å². The average molecular weight is 434 g/mol. The topological polar surface area (TPSA) is 12.5 Å². The zero-order valence-electron chi connectivity index (χ0n) is 18.3. The van der Waals surface area contributed by atoms with Gasteiger partial charge < -0.3 is 9.33 Å². The monoisotopic (exact) mass is 433 g/mol. The van der Waals surface area contributed by atoms with Crippen LogP contribution in [0.15, 0.2) is 84.9 Å². The lowest BCUT2D eigenvalue weighted by Gasteiger charge is -2.33. The van der Waals surface area contributed by atoms with Gasteiger partial charge in [0.1, 0.15) is 0 Å². The summed E-state index contributed by atoms with van der Waals surface area (Å²) in [4.78, 5) is 2.62. The Hall–Kier alpha value is -1.93. The van der Waals surface area contributed by atoms with E-state index in [-0.39, 0.29) is 0 Å². The number of nitrogens with zero attached hydrogens (tertiary/aromatic N) is 1. The van der Waals surface area contributed by atoms with Gasteiger partial charge in [0.2, 0.25) is 0 Å². The van der Waals surface area contributed by atoms with Crippen LogP contribution >= 0.6 is 7.92 Å². The Bertz CT molecular complexity index is 903. The molecule has 3 aromatic rings. The summed E-state index contributed by atoms with van der Waals surface area (Å²) in [7, 11) is -2.13. The van der Waals surface area contributed by atoms with Gasteiger partial charge in [-0.1, -0.05) is 78.9 Å². The summed E-state index contributed by atoms with van der Waals surface area (Å²) in [6, 6.07) is 31.5. The molecule has 1 aliphatic heterocycles. The largest absolute Gasteiger partial charge is 0.416 e. The van der Waals surface area contributed by atoms with Gasteiger partial charge in [0.25, 0.3) is 0 Å². The van der Waals surface area contributed by atoms with E-state index in [0.29, 0.717) is 6.04 Å². The first-order valence-electron chi connectivity index (χ1n) is 10.9. The quantitative estimate of drug-likeness (QED) is 0.372. The molecule has 0 amide bonds. The Kier molecular flexibility index (Phi) is 6.73. The molecule has 0 aliphatic carbocycles. The maximum Gasteiger partial charge on any atom is 0.183 e. The van der Waals surface area contributed by atoms with Crippen molar-refractivity contribution in [2.24, 2.45) is 0 Å². The van der Waals surface area contributed by atoms with Gasteiger partial charge in [0, 0.05) is 17.5 Å². The van der Waals surface area contributed by atoms with Gasteiger partial charge in [-0.3, -0.25) is 0 Å². The average Bonchev–Trinajstić information content (AvgIpc) is 3.23. The Labute approximate surface area is 183 Å². The zero-order chi connectivity index (χ0) is 21.0. The van der Waals surface area contributed by atoms with E-state index in [2.05, 4.69) is 109 Å². The zero-order valence-corrected chi connectivity index (χ0v) is 20.2. The first kappa shape index (κ1) is 21.3. The SMILES string of the molecule is C[Si](C)(C)OC[C@H]1CCCN1c1ccccc1P(c1ccccc1)c1ccccc1. The standard InChI is InChI=1S/C26H32NOPSi/c1-30(2,3)28-21-22-13-12-20-27(22)25-18-10-11-19-26(25)29(23-14-6-4-7-15-23)24-16-8-5-9-17-24/h4-11,14-19,22H,12-13,20-21H2,1-3H3/t22-/m1/s1. The Morgan fingerprint density at radius 3 is 2.00 bits per heavy atom. The van der Waals surface area contributed by atoms with Gasteiger partial charge in [-0.15, -0.1) is 0 Å². The number of rotatable bonds is 7. The smallest absolute Gasteiger partial charge is 0.183 e. The summed E-state index contributed by atoms with van der Waals surface area (Å²) in [6.07, 6.45) is 2.45. The van der Waals surface area contributed by atoms with Crippen LogP contribution in [-0.4, -0.2) is 27.5 Å². The maximum atomic E-state index is 6.34. The maximum absolute atomic E-state index is 6.34. The molecule has 1 atom stereocenters. The molecule has 0 aromatic heterocycles. The lowest BCUT2D eigenvalue weighted by molar-refractivity contribution is 0.282. The Morgan fingerprint density at radius 1 is 0.833 bits per heavy atom. The minimum Gasteiger partial charge on any atom is -0.416 e. The third kappa shape index (κ3) is 5.03. The predicted molar refractivity (Wildman–Crippen MR) is 135 cm³/mol. The molecule has 1 heterocycles. The van der Waals surface area contributed by atoms with Crippen molar-refractivity contribution in [3.63, 3.8) is 0 Å². The Morgan fingerprint density at radius 2 is 1.40 bits per heavy atom. The van der Waals surface area contributed by atoms with E-state index in [0.717, 1.165) is 13.2 Å². The number of para-hydroxylation sites is 1. The molecule has 1 fully saturated rings. The molecule has 0 bridgehead atoms. The predicted octanol–water partition coefficient (Wildman–Crippen LogP) is 5.27. The number of hydrogen-bond donors (Lipinski definition) is 0. The summed E-state index contributed by atoms with van der Waals surface area (Å²) in [6.45, 7) is 8.81. The van der Waals surface area contributed by atoms with E-state index < -0.39 is 16.2 Å². The molecule has 4 heteroatoms. The number of benzene rings is 3. The molecule has 1 aliphatic rings. The van der Waals surface area contributed by atoms with Gasteiger partial charge in [-0.2, -0.15) is 0 Å². The molecular weight excluding hydrogens is 401 g/mol. The van der Waals surface area contributed by atoms with Crippen LogP contribution in [0.3, 0.4) is 0 Å². The molecule has 3 aromatic carbocycles. The Balaban J connectivity index is 1.74. The fourth-order valence-electron chi connectivity index (χ4n) is 4.15. The van der Waals surface area contributed by atoms with Crippen molar-refractivity contribution in [2.75, 3.05) is 18.1 Å². The molecule has 1 saturated heterocycles. The van der Waals surface area contributed by atoms with E-state index in [1.807, 2.05) is 0 Å². The summed E-state index contributed by atoms with van der Waals surface area (Å²) >= 11 is 0. The molecule has 30 heavy (non-hydrogen) atoms. The number of hydrogen-bond acceptors (Lipinski definition) is 2. The van der Waals surface area contributed by atoms with E-state index in [9.17, 15) is 0 Å².